The first kappa shape index (κ1) is 25.0. The standard InChI is InChI=1S/2C6H6O.C4H10.2C2H6/c2*7-6-4-2-1-3-5-6;1-3-4-2;2*1-2/h2*1-5,7H;3-4H2,1-2H3;2*1-2H3. The van der Waals surface area contributed by atoms with E-state index in [0.29, 0.717) is 11.5 Å². The molecule has 22 heavy (non-hydrogen) atoms. The summed E-state index contributed by atoms with van der Waals surface area (Å²) in [6.45, 7) is 12.4. The van der Waals surface area contributed by atoms with Crippen LogP contribution in [-0.4, -0.2) is 10.2 Å². The molecule has 0 unspecified atom stereocenters. The Bertz CT molecular complexity index is 332. The van der Waals surface area contributed by atoms with E-state index >= 15 is 0 Å². The molecule has 0 saturated carbocycles. The van der Waals surface area contributed by atoms with E-state index < -0.39 is 0 Å². The summed E-state index contributed by atoms with van der Waals surface area (Å²) >= 11 is 0. The van der Waals surface area contributed by atoms with Crippen LogP contribution in [0.3, 0.4) is 0 Å². The Morgan fingerprint density at radius 3 is 0.864 bits per heavy atom. The molecule has 2 N–H and O–H groups in total. The van der Waals surface area contributed by atoms with E-state index in [1.165, 1.54) is 12.8 Å². The molecule has 0 radical (unpaired) electrons. The van der Waals surface area contributed by atoms with Crippen LogP contribution in [0.4, 0.5) is 0 Å². The van der Waals surface area contributed by atoms with Crippen LogP contribution in [0.15, 0.2) is 60.7 Å². The van der Waals surface area contributed by atoms with Crippen LogP contribution >= 0.6 is 0 Å². The Hall–Kier alpha value is -1.96. The van der Waals surface area contributed by atoms with E-state index in [-0.39, 0.29) is 0 Å². The third-order valence-electron chi connectivity index (χ3n) is 2.01. The van der Waals surface area contributed by atoms with Gasteiger partial charge in [-0.3, -0.25) is 0 Å². The van der Waals surface area contributed by atoms with Gasteiger partial charge in [0.25, 0.3) is 0 Å². The van der Waals surface area contributed by atoms with Crippen molar-refractivity contribution in [3.63, 3.8) is 0 Å². The van der Waals surface area contributed by atoms with Gasteiger partial charge in [0.2, 0.25) is 0 Å². The highest BCUT2D eigenvalue weighted by Gasteiger charge is 1.75. The van der Waals surface area contributed by atoms with Gasteiger partial charge in [0.15, 0.2) is 0 Å². The third-order valence-corrected chi connectivity index (χ3v) is 2.01. The van der Waals surface area contributed by atoms with E-state index in [2.05, 4.69) is 13.8 Å². The Morgan fingerprint density at radius 1 is 0.545 bits per heavy atom. The largest absolute Gasteiger partial charge is 0.508 e. The van der Waals surface area contributed by atoms with Crippen LogP contribution < -0.4 is 0 Å². The average Bonchev–Trinajstić information content (AvgIpc) is 2.61. The fourth-order valence-corrected chi connectivity index (χ4v) is 0.856. The van der Waals surface area contributed by atoms with Gasteiger partial charge in [-0.2, -0.15) is 0 Å². The van der Waals surface area contributed by atoms with Gasteiger partial charge in [-0.25, -0.2) is 0 Å². The second-order valence-corrected chi connectivity index (χ2v) is 3.67. The van der Waals surface area contributed by atoms with Crippen molar-refractivity contribution in [2.75, 3.05) is 0 Å². The molecular weight excluding hydrogens is 272 g/mol. The number of phenolic OH excluding ortho intramolecular Hbond substituents is 2. The van der Waals surface area contributed by atoms with Crippen LogP contribution in [-0.2, 0) is 0 Å². The molecule has 0 aromatic heterocycles. The number of aromatic hydroxyl groups is 2. The van der Waals surface area contributed by atoms with E-state index in [9.17, 15) is 0 Å². The van der Waals surface area contributed by atoms with Crippen molar-refractivity contribution in [2.45, 2.75) is 54.4 Å². The summed E-state index contributed by atoms with van der Waals surface area (Å²) in [5, 5.41) is 17.3. The van der Waals surface area contributed by atoms with Crippen LogP contribution in [0, 0.1) is 0 Å². The molecule has 2 aromatic rings. The van der Waals surface area contributed by atoms with Gasteiger partial charge in [-0.1, -0.05) is 90.8 Å². The van der Waals surface area contributed by atoms with Crippen molar-refractivity contribution < 1.29 is 10.2 Å². The summed E-state index contributed by atoms with van der Waals surface area (Å²) in [6.07, 6.45) is 2.64. The summed E-state index contributed by atoms with van der Waals surface area (Å²) in [5.41, 5.74) is 0. The molecule has 0 spiro atoms. The second-order valence-electron chi connectivity index (χ2n) is 3.67. The number of para-hydroxylation sites is 2. The van der Waals surface area contributed by atoms with E-state index in [1.807, 2.05) is 39.8 Å². The molecule has 0 fully saturated rings. The van der Waals surface area contributed by atoms with Crippen LogP contribution in [0.2, 0.25) is 0 Å². The lowest BCUT2D eigenvalue weighted by molar-refractivity contribution is 0.475. The summed E-state index contributed by atoms with van der Waals surface area (Å²) in [6, 6.07) is 17.4. The second kappa shape index (κ2) is 24.1. The van der Waals surface area contributed by atoms with Gasteiger partial charge in [0.1, 0.15) is 11.5 Å². The smallest absolute Gasteiger partial charge is 0.115 e. The Morgan fingerprint density at radius 2 is 0.773 bits per heavy atom. The minimum atomic E-state index is 0.322. The highest BCUT2D eigenvalue weighted by molar-refractivity contribution is 5.19. The minimum Gasteiger partial charge on any atom is -0.508 e. The lowest BCUT2D eigenvalue weighted by Gasteiger charge is -1.82. The molecule has 2 rings (SSSR count). The SMILES string of the molecule is CC.CC.CCCC.Oc1ccccc1.Oc1ccccc1. The van der Waals surface area contributed by atoms with Crippen molar-refractivity contribution in [1.29, 1.82) is 0 Å². The fraction of sp³-hybridized carbons (Fsp3) is 0.400. The zero-order valence-electron chi connectivity index (χ0n) is 15.1. The average molecular weight is 306 g/mol. The monoisotopic (exact) mass is 306 g/mol. The maximum atomic E-state index is 8.63. The predicted octanol–water partition coefficient (Wildman–Crippen LogP) is 6.64. The van der Waals surface area contributed by atoms with Crippen LogP contribution in [0.25, 0.3) is 0 Å². The fourth-order valence-electron chi connectivity index (χ4n) is 0.856. The topological polar surface area (TPSA) is 40.5 Å². The number of benzene rings is 2. The first-order chi connectivity index (χ1) is 10.7. The minimum absolute atomic E-state index is 0.322. The zero-order valence-corrected chi connectivity index (χ0v) is 15.1. The van der Waals surface area contributed by atoms with Crippen molar-refractivity contribution in [3.05, 3.63) is 60.7 Å². The van der Waals surface area contributed by atoms with Gasteiger partial charge >= 0.3 is 0 Å². The quantitative estimate of drug-likeness (QED) is 0.619. The van der Waals surface area contributed by atoms with Crippen LogP contribution in [0.1, 0.15) is 54.4 Å². The third kappa shape index (κ3) is 23.2. The van der Waals surface area contributed by atoms with Gasteiger partial charge in [0, 0.05) is 0 Å². The van der Waals surface area contributed by atoms with Gasteiger partial charge in [-0.05, 0) is 24.3 Å². The highest BCUT2D eigenvalue weighted by Crippen LogP contribution is 2.03. The maximum Gasteiger partial charge on any atom is 0.115 e. The van der Waals surface area contributed by atoms with E-state index in [0.717, 1.165) is 0 Å². The number of rotatable bonds is 1. The number of phenols is 2. The Labute approximate surface area is 137 Å². The molecule has 0 saturated heterocycles. The number of hydrogen-bond acceptors (Lipinski definition) is 2. The summed E-state index contributed by atoms with van der Waals surface area (Å²) in [5.74, 6) is 0.644. The number of unbranched alkanes of at least 4 members (excludes halogenated alkanes) is 1. The van der Waals surface area contributed by atoms with Crippen LogP contribution in [0.5, 0.6) is 11.5 Å². The van der Waals surface area contributed by atoms with Gasteiger partial charge in [-0.15, -0.1) is 0 Å². The Balaban J connectivity index is -0.000000228. The highest BCUT2D eigenvalue weighted by atomic mass is 16.3. The van der Waals surface area contributed by atoms with Crippen molar-refractivity contribution in [1.82, 2.24) is 0 Å². The predicted molar refractivity (Wildman–Crippen MR) is 99.5 cm³/mol. The summed E-state index contributed by atoms with van der Waals surface area (Å²) < 4.78 is 0. The van der Waals surface area contributed by atoms with Crippen molar-refractivity contribution in [2.24, 2.45) is 0 Å². The molecule has 2 nitrogen and oxygen atoms in total. The molecule has 0 aliphatic carbocycles. The van der Waals surface area contributed by atoms with Crippen molar-refractivity contribution >= 4 is 0 Å². The lowest BCUT2D eigenvalue weighted by Crippen LogP contribution is -1.56. The first-order valence-corrected chi connectivity index (χ1v) is 8.18. The van der Waals surface area contributed by atoms with Gasteiger partial charge in [0.05, 0.1) is 0 Å². The molecule has 0 amide bonds. The molecule has 0 heterocycles. The molecule has 126 valence electrons. The molecule has 0 aliphatic rings. The molecule has 0 atom stereocenters. The van der Waals surface area contributed by atoms with E-state index in [1.54, 1.807) is 48.5 Å². The molecular formula is C20H34O2. The normalized spacial score (nSPS) is 7.36. The van der Waals surface area contributed by atoms with Crippen molar-refractivity contribution in [3.8, 4) is 11.5 Å². The lowest BCUT2D eigenvalue weighted by atomic mass is 10.3. The molecule has 0 bridgehead atoms. The van der Waals surface area contributed by atoms with E-state index in [4.69, 9.17) is 10.2 Å². The Kier molecular flexibility index (Phi) is 27.4. The number of hydrogen-bond donors (Lipinski definition) is 2. The first-order valence-electron chi connectivity index (χ1n) is 8.18. The molecule has 2 heteroatoms. The summed E-state index contributed by atoms with van der Waals surface area (Å²) in [4.78, 5) is 0. The molecule has 0 aliphatic heterocycles. The zero-order chi connectivity index (χ0) is 17.6. The van der Waals surface area contributed by atoms with Gasteiger partial charge < -0.3 is 10.2 Å². The summed E-state index contributed by atoms with van der Waals surface area (Å²) in [7, 11) is 0. The maximum absolute atomic E-state index is 8.63. The molecule has 2 aromatic carbocycles.